The minimum Gasteiger partial charge on any atom is -0.481 e. The van der Waals surface area contributed by atoms with Crippen molar-refractivity contribution in [1.82, 2.24) is 4.90 Å². The monoisotopic (exact) mass is 290 g/mol. The van der Waals surface area contributed by atoms with Gasteiger partial charge in [0.25, 0.3) is 0 Å². The van der Waals surface area contributed by atoms with Crippen LogP contribution in [0.3, 0.4) is 0 Å². The van der Waals surface area contributed by atoms with Crippen molar-refractivity contribution in [2.24, 2.45) is 0 Å². The predicted molar refractivity (Wildman–Crippen MR) is 81.3 cm³/mol. The number of aliphatic carboxylic acids is 1. The smallest absolute Gasteiger partial charge is 0.303 e. The number of rotatable bonds is 6. The number of hydrogen-bond acceptors (Lipinski definition) is 3. The zero-order chi connectivity index (χ0) is 15.2. The van der Waals surface area contributed by atoms with Crippen LogP contribution < -0.4 is 4.90 Å². The molecule has 1 aliphatic rings. The van der Waals surface area contributed by atoms with Crippen molar-refractivity contribution in [1.29, 1.82) is 0 Å². The van der Waals surface area contributed by atoms with Crippen molar-refractivity contribution in [2.45, 2.75) is 31.7 Å². The number of hydrogen-bond donors (Lipinski definition) is 1. The molecule has 0 radical (unpaired) electrons. The van der Waals surface area contributed by atoms with E-state index in [9.17, 15) is 9.59 Å². The molecule has 1 aromatic rings. The molecule has 5 heteroatoms. The highest BCUT2D eigenvalue weighted by Gasteiger charge is 2.32. The van der Waals surface area contributed by atoms with Crippen LogP contribution in [0.4, 0.5) is 5.69 Å². The summed E-state index contributed by atoms with van der Waals surface area (Å²) in [4.78, 5) is 27.0. The zero-order valence-corrected chi connectivity index (χ0v) is 12.4. The molecule has 0 spiro atoms. The first-order chi connectivity index (χ1) is 10.1. The Morgan fingerprint density at radius 2 is 2.10 bits per heavy atom. The fourth-order valence-corrected chi connectivity index (χ4v) is 2.77. The van der Waals surface area contributed by atoms with Gasteiger partial charge in [-0.1, -0.05) is 18.2 Å². The Morgan fingerprint density at radius 1 is 1.38 bits per heavy atom. The zero-order valence-electron chi connectivity index (χ0n) is 12.4. The maximum atomic E-state index is 12.6. The molecule has 1 aliphatic heterocycles. The first-order valence-electron chi connectivity index (χ1n) is 7.38. The maximum Gasteiger partial charge on any atom is 0.303 e. The molecule has 0 unspecified atom stereocenters. The van der Waals surface area contributed by atoms with Gasteiger partial charge in [-0.3, -0.25) is 14.5 Å². The first kappa shape index (κ1) is 15.5. The van der Waals surface area contributed by atoms with Crippen molar-refractivity contribution in [3.05, 3.63) is 30.3 Å². The summed E-state index contributed by atoms with van der Waals surface area (Å²) >= 11 is 0. The van der Waals surface area contributed by atoms with Crippen LogP contribution in [0.15, 0.2) is 30.3 Å². The Kier molecular flexibility index (Phi) is 5.33. The van der Waals surface area contributed by atoms with E-state index in [1.165, 1.54) is 0 Å². The molecule has 1 aromatic carbocycles. The summed E-state index contributed by atoms with van der Waals surface area (Å²) < 4.78 is 0. The van der Waals surface area contributed by atoms with Gasteiger partial charge in [0.2, 0.25) is 5.91 Å². The fraction of sp³-hybridized carbons (Fsp3) is 0.500. The Labute approximate surface area is 125 Å². The molecular formula is C16H22N2O3. The van der Waals surface area contributed by atoms with E-state index in [1.807, 2.05) is 47.2 Å². The lowest BCUT2D eigenvalue weighted by atomic mass is 10.0. The summed E-state index contributed by atoms with van der Waals surface area (Å²) in [5, 5.41) is 8.69. The molecule has 1 amide bonds. The molecule has 1 heterocycles. The number of amides is 1. The highest BCUT2D eigenvalue weighted by Crippen LogP contribution is 2.23. The Hall–Kier alpha value is -1.88. The van der Waals surface area contributed by atoms with Crippen molar-refractivity contribution < 1.29 is 14.7 Å². The van der Waals surface area contributed by atoms with E-state index in [0.717, 1.165) is 25.1 Å². The van der Waals surface area contributed by atoms with E-state index < -0.39 is 5.97 Å². The van der Waals surface area contributed by atoms with Gasteiger partial charge in [0, 0.05) is 18.7 Å². The van der Waals surface area contributed by atoms with Gasteiger partial charge in [-0.05, 0) is 45.0 Å². The second kappa shape index (κ2) is 7.22. The Morgan fingerprint density at radius 3 is 2.76 bits per heavy atom. The third-order valence-electron chi connectivity index (χ3n) is 3.91. The van der Waals surface area contributed by atoms with E-state index >= 15 is 0 Å². The average molecular weight is 290 g/mol. The number of carboxylic acids is 1. The standard InChI is InChI=1S/C16H22N2O3/c1-17(11-6-10-15(19)20)14-9-5-12-18(16(14)21)13-7-3-2-4-8-13/h2-4,7-8,14H,5-6,9-12H2,1H3,(H,19,20)/t14-/m1/s1. The van der Waals surface area contributed by atoms with Crippen LogP contribution in [0.1, 0.15) is 25.7 Å². The maximum absolute atomic E-state index is 12.6. The van der Waals surface area contributed by atoms with E-state index in [1.54, 1.807) is 0 Å². The van der Waals surface area contributed by atoms with E-state index in [2.05, 4.69) is 0 Å². The van der Waals surface area contributed by atoms with Gasteiger partial charge < -0.3 is 10.0 Å². The van der Waals surface area contributed by atoms with Crippen molar-refractivity contribution in [3.8, 4) is 0 Å². The van der Waals surface area contributed by atoms with Gasteiger partial charge in [-0.25, -0.2) is 0 Å². The molecule has 0 bridgehead atoms. The fourth-order valence-electron chi connectivity index (χ4n) is 2.77. The normalized spacial score (nSPS) is 19.0. The van der Waals surface area contributed by atoms with Gasteiger partial charge in [-0.2, -0.15) is 0 Å². The molecule has 0 aliphatic carbocycles. The molecule has 1 fully saturated rings. The second-order valence-corrected chi connectivity index (χ2v) is 5.46. The SMILES string of the molecule is CN(CCCC(=O)O)[C@@H]1CCCN(c2ccccc2)C1=O. The molecule has 21 heavy (non-hydrogen) atoms. The topological polar surface area (TPSA) is 60.9 Å². The van der Waals surface area contributed by atoms with Gasteiger partial charge in [-0.15, -0.1) is 0 Å². The van der Waals surface area contributed by atoms with Crippen molar-refractivity contribution in [2.75, 3.05) is 25.0 Å². The third kappa shape index (κ3) is 4.04. The minimum absolute atomic E-state index is 0.116. The molecule has 1 saturated heterocycles. The molecule has 2 rings (SSSR count). The van der Waals surface area contributed by atoms with Crippen LogP contribution >= 0.6 is 0 Å². The number of likely N-dealkylation sites (N-methyl/N-ethyl adjacent to an activating group) is 1. The van der Waals surface area contributed by atoms with Crippen LogP contribution in [-0.2, 0) is 9.59 Å². The van der Waals surface area contributed by atoms with Gasteiger partial charge in [0.15, 0.2) is 0 Å². The minimum atomic E-state index is -0.788. The summed E-state index contributed by atoms with van der Waals surface area (Å²) in [7, 11) is 1.90. The van der Waals surface area contributed by atoms with Gasteiger partial charge in [0.1, 0.15) is 0 Å². The quantitative estimate of drug-likeness (QED) is 0.870. The number of piperidine rings is 1. The van der Waals surface area contributed by atoms with E-state index in [4.69, 9.17) is 5.11 Å². The number of benzene rings is 1. The second-order valence-electron chi connectivity index (χ2n) is 5.46. The number of anilines is 1. The third-order valence-corrected chi connectivity index (χ3v) is 3.91. The lowest BCUT2D eigenvalue weighted by Gasteiger charge is -2.36. The molecule has 1 N–H and O–H groups in total. The molecule has 114 valence electrons. The van der Waals surface area contributed by atoms with E-state index in [-0.39, 0.29) is 18.4 Å². The van der Waals surface area contributed by atoms with E-state index in [0.29, 0.717) is 13.0 Å². The molecular weight excluding hydrogens is 268 g/mol. The summed E-state index contributed by atoms with van der Waals surface area (Å²) in [6, 6.07) is 9.56. The Bertz CT molecular complexity index is 490. The number of carboxylic acid groups (broad SMARTS) is 1. The largest absolute Gasteiger partial charge is 0.481 e. The number of para-hydroxylation sites is 1. The molecule has 5 nitrogen and oxygen atoms in total. The average Bonchev–Trinajstić information content (AvgIpc) is 2.48. The van der Waals surface area contributed by atoms with Gasteiger partial charge >= 0.3 is 5.97 Å². The summed E-state index contributed by atoms with van der Waals surface area (Å²) in [6.45, 7) is 1.38. The first-order valence-corrected chi connectivity index (χ1v) is 7.38. The van der Waals surface area contributed by atoms with Crippen molar-refractivity contribution in [3.63, 3.8) is 0 Å². The van der Waals surface area contributed by atoms with Crippen LogP contribution in [0.5, 0.6) is 0 Å². The summed E-state index contributed by atoms with van der Waals surface area (Å²) in [5.74, 6) is -0.672. The molecule has 1 atom stereocenters. The van der Waals surface area contributed by atoms with Gasteiger partial charge in [0.05, 0.1) is 6.04 Å². The van der Waals surface area contributed by atoms with Crippen molar-refractivity contribution >= 4 is 17.6 Å². The van der Waals surface area contributed by atoms with Crippen LogP contribution in [0, 0.1) is 0 Å². The highest BCUT2D eigenvalue weighted by molar-refractivity contribution is 5.97. The molecule has 0 aromatic heterocycles. The summed E-state index contributed by atoms with van der Waals surface area (Å²) in [6.07, 6.45) is 2.52. The lowest BCUT2D eigenvalue weighted by molar-refractivity contribution is -0.137. The van der Waals surface area contributed by atoms with Crippen LogP contribution in [0.25, 0.3) is 0 Å². The van der Waals surface area contributed by atoms with Crippen LogP contribution in [-0.4, -0.2) is 48.1 Å². The lowest BCUT2D eigenvalue weighted by Crippen LogP contribution is -2.51. The number of nitrogens with zero attached hydrogens (tertiary/aromatic N) is 2. The predicted octanol–water partition coefficient (Wildman–Crippen LogP) is 1.98. The Balaban J connectivity index is 1.97. The number of carbonyl (C=O) groups is 2. The van der Waals surface area contributed by atoms with Crippen LogP contribution in [0.2, 0.25) is 0 Å². The number of carbonyl (C=O) groups excluding carboxylic acids is 1. The molecule has 0 saturated carbocycles. The summed E-state index contributed by atoms with van der Waals surface area (Å²) in [5.41, 5.74) is 0.936. The highest BCUT2D eigenvalue weighted by atomic mass is 16.4.